The van der Waals surface area contributed by atoms with Crippen LogP contribution in [0.5, 0.6) is 5.75 Å². The minimum atomic E-state index is -0.942. The number of aliphatic carboxylic acids is 1. The molecule has 0 spiro atoms. The Morgan fingerprint density at radius 3 is 2.49 bits per heavy atom. The lowest BCUT2D eigenvalue weighted by atomic mass is 10.2. The smallest absolute Gasteiger partial charge is 0.319 e. The molecule has 0 bridgehead atoms. The standard InChI is InChI=1S/C26H31N3O5S/c1-17-22(24(30)27-19-8-6-9-20(16-19)34-5)28-23(29(17)14-7-15-33-4)18-10-12-21(13-11-18)35-26(2,3)25(31)32/h6,8-13,16H,7,14-15H2,1-5H3,(H,27,30)(H,31,32). The molecule has 0 aliphatic carbocycles. The van der Waals surface area contributed by atoms with Crippen molar-refractivity contribution in [1.82, 2.24) is 9.55 Å². The Morgan fingerprint density at radius 1 is 1.14 bits per heavy atom. The van der Waals surface area contributed by atoms with Crippen LogP contribution in [0.4, 0.5) is 5.69 Å². The molecule has 0 unspecified atom stereocenters. The van der Waals surface area contributed by atoms with Crippen LogP contribution in [-0.4, -0.2) is 52.1 Å². The van der Waals surface area contributed by atoms with Crippen molar-refractivity contribution in [2.45, 2.75) is 43.4 Å². The van der Waals surface area contributed by atoms with E-state index in [1.807, 2.05) is 41.8 Å². The highest BCUT2D eigenvalue weighted by molar-refractivity contribution is 8.01. The zero-order valence-corrected chi connectivity index (χ0v) is 21.4. The Hall–Kier alpha value is -3.30. The first kappa shape index (κ1) is 26.3. The second kappa shape index (κ2) is 11.4. The third-order valence-electron chi connectivity index (χ3n) is 5.49. The van der Waals surface area contributed by atoms with Gasteiger partial charge in [-0.3, -0.25) is 9.59 Å². The first-order chi connectivity index (χ1) is 16.7. The minimum absolute atomic E-state index is 0.308. The number of rotatable bonds is 11. The van der Waals surface area contributed by atoms with E-state index in [4.69, 9.17) is 14.5 Å². The van der Waals surface area contributed by atoms with Gasteiger partial charge in [0.15, 0.2) is 0 Å². The molecule has 0 saturated heterocycles. The number of hydrogen-bond donors (Lipinski definition) is 2. The topological polar surface area (TPSA) is 103 Å². The van der Waals surface area contributed by atoms with E-state index in [1.54, 1.807) is 46.3 Å². The number of nitrogens with zero attached hydrogens (tertiary/aromatic N) is 2. The fraction of sp³-hybridized carbons (Fsp3) is 0.346. The lowest BCUT2D eigenvalue weighted by molar-refractivity contribution is -0.138. The van der Waals surface area contributed by atoms with Crippen molar-refractivity contribution in [3.63, 3.8) is 0 Å². The van der Waals surface area contributed by atoms with Crippen LogP contribution in [0.25, 0.3) is 11.4 Å². The van der Waals surface area contributed by atoms with E-state index in [9.17, 15) is 14.7 Å². The van der Waals surface area contributed by atoms with Gasteiger partial charge in [0.05, 0.1) is 7.11 Å². The average molecular weight is 498 g/mol. The third-order valence-corrected chi connectivity index (χ3v) is 6.69. The molecule has 0 saturated carbocycles. The van der Waals surface area contributed by atoms with Crippen molar-refractivity contribution in [3.8, 4) is 17.1 Å². The van der Waals surface area contributed by atoms with Crippen LogP contribution >= 0.6 is 11.8 Å². The number of hydrogen-bond acceptors (Lipinski definition) is 6. The fourth-order valence-corrected chi connectivity index (χ4v) is 4.46. The molecule has 186 valence electrons. The van der Waals surface area contributed by atoms with E-state index in [2.05, 4.69) is 5.32 Å². The van der Waals surface area contributed by atoms with Crippen LogP contribution < -0.4 is 10.1 Å². The first-order valence-electron chi connectivity index (χ1n) is 11.2. The van der Waals surface area contributed by atoms with Crippen molar-refractivity contribution in [2.24, 2.45) is 0 Å². The number of benzene rings is 2. The van der Waals surface area contributed by atoms with E-state index in [0.29, 0.717) is 36.1 Å². The number of carboxylic acid groups (broad SMARTS) is 1. The van der Waals surface area contributed by atoms with Gasteiger partial charge >= 0.3 is 5.97 Å². The Kier molecular flexibility index (Phi) is 8.58. The molecule has 1 heterocycles. The Labute approximate surface area is 209 Å². The van der Waals surface area contributed by atoms with Crippen molar-refractivity contribution in [2.75, 3.05) is 26.1 Å². The van der Waals surface area contributed by atoms with Gasteiger partial charge in [0.2, 0.25) is 0 Å². The van der Waals surface area contributed by atoms with E-state index < -0.39 is 10.7 Å². The second-order valence-corrected chi connectivity index (χ2v) is 10.2. The van der Waals surface area contributed by atoms with Gasteiger partial charge in [-0.1, -0.05) is 18.2 Å². The number of methoxy groups -OCH3 is 2. The predicted octanol–water partition coefficient (Wildman–Crippen LogP) is 5.11. The average Bonchev–Trinajstić information content (AvgIpc) is 3.16. The molecule has 1 aromatic heterocycles. The summed E-state index contributed by atoms with van der Waals surface area (Å²) in [7, 11) is 3.23. The number of aromatic nitrogens is 2. The van der Waals surface area contributed by atoms with Crippen molar-refractivity contribution in [3.05, 3.63) is 59.9 Å². The quantitative estimate of drug-likeness (QED) is 0.280. The van der Waals surface area contributed by atoms with Crippen LogP contribution in [0.2, 0.25) is 0 Å². The van der Waals surface area contributed by atoms with Gasteiger partial charge in [0, 0.05) is 48.2 Å². The van der Waals surface area contributed by atoms with Gasteiger partial charge in [0.25, 0.3) is 5.91 Å². The summed E-state index contributed by atoms with van der Waals surface area (Å²) >= 11 is 1.28. The summed E-state index contributed by atoms with van der Waals surface area (Å²) in [5, 5.41) is 12.3. The van der Waals surface area contributed by atoms with Gasteiger partial charge in [-0.25, -0.2) is 4.98 Å². The van der Waals surface area contributed by atoms with Gasteiger partial charge in [-0.05, 0) is 51.5 Å². The molecule has 2 N–H and O–H groups in total. The lowest BCUT2D eigenvalue weighted by Gasteiger charge is -2.18. The zero-order chi connectivity index (χ0) is 25.6. The highest BCUT2D eigenvalue weighted by Crippen LogP contribution is 2.34. The van der Waals surface area contributed by atoms with E-state index in [1.165, 1.54) is 11.8 Å². The lowest BCUT2D eigenvalue weighted by Crippen LogP contribution is -2.26. The van der Waals surface area contributed by atoms with Gasteiger partial charge in [0.1, 0.15) is 22.0 Å². The molecule has 0 radical (unpaired) electrons. The predicted molar refractivity (Wildman–Crippen MR) is 137 cm³/mol. The minimum Gasteiger partial charge on any atom is -0.497 e. The zero-order valence-electron chi connectivity index (χ0n) is 20.6. The molecule has 2 aromatic carbocycles. The summed E-state index contributed by atoms with van der Waals surface area (Å²) in [6.45, 7) is 6.45. The molecule has 0 atom stereocenters. The largest absolute Gasteiger partial charge is 0.497 e. The maximum atomic E-state index is 13.1. The second-order valence-electron chi connectivity index (χ2n) is 8.50. The van der Waals surface area contributed by atoms with Gasteiger partial charge < -0.3 is 24.5 Å². The van der Waals surface area contributed by atoms with Crippen LogP contribution in [0, 0.1) is 6.92 Å². The number of carboxylic acids is 1. The van der Waals surface area contributed by atoms with Crippen LogP contribution in [-0.2, 0) is 16.1 Å². The molecule has 8 nitrogen and oxygen atoms in total. The Morgan fingerprint density at radius 2 is 1.86 bits per heavy atom. The van der Waals surface area contributed by atoms with Crippen LogP contribution in [0.15, 0.2) is 53.4 Å². The summed E-state index contributed by atoms with van der Waals surface area (Å²) < 4.78 is 11.5. The Balaban J connectivity index is 1.92. The highest BCUT2D eigenvalue weighted by Gasteiger charge is 2.28. The van der Waals surface area contributed by atoms with Crippen molar-refractivity contribution < 1.29 is 24.2 Å². The number of anilines is 1. The molecule has 0 fully saturated rings. The maximum Gasteiger partial charge on any atom is 0.319 e. The summed E-state index contributed by atoms with van der Waals surface area (Å²) in [5.41, 5.74) is 2.54. The number of ether oxygens (including phenoxy) is 2. The summed E-state index contributed by atoms with van der Waals surface area (Å²) in [4.78, 5) is 30.1. The maximum absolute atomic E-state index is 13.1. The number of thioether (sulfide) groups is 1. The number of nitrogens with one attached hydrogen (secondary N) is 1. The number of carbonyl (C=O) groups is 2. The number of carbonyl (C=O) groups excluding carboxylic acids is 1. The molecular formula is C26H31N3O5S. The summed E-state index contributed by atoms with van der Waals surface area (Å²) in [6.07, 6.45) is 0.762. The van der Waals surface area contributed by atoms with Crippen molar-refractivity contribution in [1.29, 1.82) is 0 Å². The van der Waals surface area contributed by atoms with Crippen LogP contribution in [0.1, 0.15) is 36.5 Å². The van der Waals surface area contributed by atoms with E-state index in [-0.39, 0.29) is 5.91 Å². The molecule has 0 aliphatic rings. The molecule has 0 aliphatic heterocycles. The molecule has 3 aromatic rings. The molecule has 35 heavy (non-hydrogen) atoms. The molecular weight excluding hydrogens is 466 g/mol. The summed E-state index contributed by atoms with van der Waals surface area (Å²) in [5.74, 6) is 0.137. The molecule has 9 heteroatoms. The number of imidazole rings is 1. The normalized spacial score (nSPS) is 11.3. The van der Waals surface area contributed by atoms with Crippen LogP contribution in [0.3, 0.4) is 0 Å². The van der Waals surface area contributed by atoms with Crippen molar-refractivity contribution >= 4 is 29.3 Å². The molecule has 3 rings (SSSR count). The first-order valence-corrected chi connectivity index (χ1v) is 12.0. The van der Waals surface area contributed by atoms with Gasteiger partial charge in [-0.15, -0.1) is 11.8 Å². The SMILES string of the molecule is COCCCn1c(-c2ccc(SC(C)(C)C(=O)O)cc2)nc(C(=O)Nc2cccc(OC)c2)c1C. The highest BCUT2D eigenvalue weighted by atomic mass is 32.2. The van der Waals surface area contributed by atoms with E-state index in [0.717, 1.165) is 22.6 Å². The Bertz CT molecular complexity index is 1190. The molecule has 1 amide bonds. The van der Waals surface area contributed by atoms with E-state index >= 15 is 0 Å². The number of amides is 1. The fourth-order valence-electron chi connectivity index (χ4n) is 3.51. The monoisotopic (exact) mass is 497 g/mol. The third kappa shape index (κ3) is 6.43. The summed E-state index contributed by atoms with van der Waals surface area (Å²) in [6, 6.07) is 14.7. The van der Waals surface area contributed by atoms with Gasteiger partial charge in [-0.2, -0.15) is 0 Å².